The molecule has 1 aromatic rings. The van der Waals surface area contributed by atoms with E-state index < -0.39 is 0 Å². The van der Waals surface area contributed by atoms with Gasteiger partial charge in [-0.3, -0.25) is 9.78 Å². The fourth-order valence-electron chi connectivity index (χ4n) is 1.98. The van der Waals surface area contributed by atoms with Gasteiger partial charge in [-0.15, -0.1) is 0 Å². The summed E-state index contributed by atoms with van der Waals surface area (Å²) in [6.07, 6.45) is 6.50. The van der Waals surface area contributed by atoms with Crippen LogP contribution in [0.25, 0.3) is 0 Å². The van der Waals surface area contributed by atoms with Crippen LogP contribution in [0.15, 0.2) is 18.5 Å². The molecule has 1 aliphatic carbocycles. The van der Waals surface area contributed by atoms with Crippen molar-refractivity contribution in [3.63, 3.8) is 0 Å². The number of nitrogens with zero attached hydrogens (tertiary/aromatic N) is 1. The molecule has 1 fully saturated rings. The summed E-state index contributed by atoms with van der Waals surface area (Å²) < 4.78 is 5.40. The monoisotopic (exact) mass is 254 g/mol. The van der Waals surface area contributed by atoms with Gasteiger partial charge < -0.3 is 10.1 Å². The molecule has 0 aromatic carbocycles. The maximum atomic E-state index is 11.9. The molecular formula is C12H15ClN2O2. The van der Waals surface area contributed by atoms with E-state index in [1.807, 2.05) is 0 Å². The Kier molecular flexibility index (Phi) is 3.64. The van der Waals surface area contributed by atoms with E-state index in [-0.39, 0.29) is 11.5 Å². The molecule has 4 nitrogen and oxygen atoms in total. The van der Waals surface area contributed by atoms with E-state index >= 15 is 0 Å². The van der Waals surface area contributed by atoms with Crippen LogP contribution in [0.3, 0.4) is 0 Å². The predicted octanol–water partition coefficient (Wildman–Crippen LogP) is 2.63. The number of rotatable bonds is 4. The molecule has 0 unspecified atom stereocenters. The van der Waals surface area contributed by atoms with Crippen molar-refractivity contribution in [3.05, 3.63) is 23.5 Å². The van der Waals surface area contributed by atoms with Gasteiger partial charge in [-0.05, 0) is 25.3 Å². The lowest BCUT2D eigenvalue weighted by Gasteiger charge is -2.39. The van der Waals surface area contributed by atoms with Crippen molar-refractivity contribution in [2.24, 2.45) is 0 Å². The van der Waals surface area contributed by atoms with Gasteiger partial charge in [0.2, 0.25) is 5.91 Å². The Morgan fingerprint density at radius 2 is 2.41 bits per heavy atom. The number of hydrogen-bond acceptors (Lipinski definition) is 3. The molecule has 1 aromatic heterocycles. The summed E-state index contributed by atoms with van der Waals surface area (Å²) in [6.45, 7) is 0. The van der Waals surface area contributed by atoms with Crippen molar-refractivity contribution >= 4 is 23.2 Å². The number of ether oxygens (including phenoxy) is 1. The summed E-state index contributed by atoms with van der Waals surface area (Å²) in [7, 11) is 1.66. The highest BCUT2D eigenvalue weighted by atomic mass is 35.5. The molecule has 1 aliphatic rings. The van der Waals surface area contributed by atoms with E-state index in [1.165, 1.54) is 0 Å². The number of anilines is 1. The third-order valence-electron chi connectivity index (χ3n) is 3.22. The van der Waals surface area contributed by atoms with Gasteiger partial charge in [0.05, 0.1) is 28.9 Å². The number of hydrogen-bond donors (Lipinski definition) is 1. The number of pyridine rings is 1. The van der Waals surface area contributed by atoms with Gasteiger partial charge in [-0.1, -0.05) is 11.6 Å². The van der Waals surface area contributed by atoms with Crippen molar-refractivity contribution in [2.45, 2.75) is 31.3 Å². The first-order valence-electron chi connectivity index (χ1n) is 5.60. The van der Waals surface area contributed by atoms with Crippen molar-refractivity contribution in [1.82, 2.24) is 4.98 Å². The molecule has 2 rings (SSSR count). The van der Waals surface area contributed by atoms with Crippen LogP contribution in [0.4, 0.5) is 5.69 Å². The number of amides is 1. The summed E-state index contributed by atoms with van der Waals surface area (Å²) in [5, 5.41) is 3.25. The SMILES string of the molecule is COC1(CC(=O)Nc2cnccc2Cl)CCC1. The van der Waals surface area contributed by atoms with Crippen LogP contribution in [-0.4, -0.2) is 23.6 Å². The number of nitrogens with one attached hydrogen (secondary N) is 1. The molecule has 1 amide bonds. The summed E-state index contributed by atoms with van der Waals surface area (Å²) in [4.78, 5) is 15.8. The van der Waals surface area contributed by atoms with Crippen LogP contribution in [0.1, 0.15) is 25.7 Å². The fourth-order valence-corrected chi connectivity index (χ4v) is 2.13. The highest BCUT2D eigenvalue weighted by molar-refractivity contribution is 6.33. The first-order valence-corrected chi connectivity index (χ1v) is 5.97. The third kappa shape index (κ3) is 2.76. The normalized spacial score (nSPS) is 17.3. The third-order valence-corrected chi connectivity index (χ3v) is 3.55. The molecule has 0 aliphatic heterocycles. The fraction of sp³-hybridized carbons (Fsp3) is 0.500. The van der Waals surface area contributed by atoms with Crippen LogP contribution in [0.5, 0.6) is 0 Å². The first kappa shape index (κ1) is 12.3. The molecule has 0 bridgehead atoms. The Balaban J connectivity index is 1.96. The zero-order valence-electron chi connectivity index (χ0n) is 9.70. The maximum absolute atomic E-state index is 11.9. The van der Waals surface area contributed by atoms with Gasteiger partial charge in [0.25, 0.3) is 0 Å². The Hall–Kier alpha value is -1.13. The molecule has 1 N–H and O–H groups in total. The van der Waals surface area contributed by atoms with Crippen molar-refractivity contribution in [2.75, 3.05) is 12.4 Å². The van der Waals surface area contributed by atoms with Crippen LogP contribution < -0.4 is 5.32 Å². The zero-order chi connectivity index (χ0) is 12.3. The van der Waals surface area contributed by atoms with Gasteiger partial charge in [-0.2, -0.15) is 0 Å². The topological polar surface area (TPSA) is 51.2 Å². The Labute approximate surface area is 105 Å². The minimum absolute atomic E-state index is 0.0820. The average molecular weight is 255 g/mol. The number of halogens is 1. The molecular weight excluding hydrogens is 240 g/mol. The van der Waals surface area contributed by atoms with Crippen LogP contribution in [0.2, 0.25) is 5.02 Å². The van der Waals surface area contributed by atoms with E-state index in [0.717, 1.165) is 19.3 Å². The van der Waals surface area contributed by atoms with E-state index in [4.69, 9.17) is 16.3 Å². The molecule has 0 atom stereocenters. The minimum atomic E-state index is -0.265. The lowest BCUT2D eigenvalue weighted by Crippen LogP contribution is -2.42. The highest BCUT2D eigenvalue weighted by Crippen LogP contribution is 2.38. The van der Waals surface area contributed by atoms with E-state index in [2.05, 4.69) is 10.3 Å². The van der Waals surface area contributed by atoms with Gasteiger partial charge in [-0.25, -0.2) is 0 Å². The van der Waals surface area contributed by atoms with E-state index in [9.17, 15) is 4.79 Å². The van der Waals surface area contributed by atoms with E-state index in [1.54, 1.807) is 25.6 Å². The second-order valence-electron chi connectivity index (χ2n) is 4.32. The Bertz CT molecular complexity index is 413. The minimum Gasteiger partial charge on any atom is -0.378 e. The lowest BCUT2D eigenvalue weighted by molar-refractivity contribution is -0.129. The quantitative estimate of drug-likeness (QED) is 0.899. The molecule has 1 saturated carbocycles. The Morgan fingerprint density at radius 3 is 2.94 bits per heavy atom. The lowest BCUT2D eigenvalue weighted by atomic mass is 9.77. The van der Waals surface area contributed by atoms with Gasteiger partial charge in [0, 0.05) is 13.3 Å². The summed E-state index contributed by atoms with van der Waals surface area (Å²) >= 11 is 5.94. The second kappa shape index (κ2) is 5.02. The number of carbonyl (C=O) groups is 1. The summed E-state index contributed by atoms with van der Waals surface area (Å²) in [6, 6.07) is 1.65. The molecule has 17 heavy (non-hydrogen) atoms. The van der Waals surface area contributed by atoms with Crippen molar-refractivity contribution in [1.29, 1.82) is 0 Å². The molecule has 0 saturated heterocycles. The average Bonchev–Trinajstić information content (AvgIpc) is 2.27. The van der Waals surface area contributed by atoms with Crippen molar-refractivity contribution in [3.8, 4) is 0 Å². The molecule has 5 heteroatoms. The Morgan fingerprint density at radius 1 is 1.65 bits per heavy atom. The number of aromatic nitrogens is 1. The molecule has 0 spiro atoms. The largest absolute Gasteiger partial charge is 0.378 e. The summed E-state index contributed by atoms with van der Waals surface area (Å²) in [5.41, 5.74) is 0.281. The van der Waals surface area contributed by atoms with Crippen molar-refractivity contribution < 1.29 is 9.53 Å². The molecule has 92 valence electrons. The van der Waals surface area contributed by atoms with Crippen LogP contribution in [-0.2, 0) is 9.53 Å². The van der Waals surface area contributed by atoms with Gasteiger partial charge in [0.1, 0.15) is 0 Å². The van der Waals surface area contributed by atoms with Gasteiger partial charge >= 0.3 is 0 Å². The zero-order valence-corrected chi connectivity index (χ0v) is 10.5. The second-order valence-corrected chi connectivity index (χ2v) is 4.73. The summed E-state index contributed by atoms with van der Waals surface area (Å²) in [5.74, 6) is -0.0820. The maximum Gasteiger partial charge on any atom is 0.227 e. The van der Waals surface area contributed by atoms with Crippen LogP contribution in [0, 0.1) is 0 Å². The molecule has 1 heterocycles. The molecule has 0 radical (unpaired) electrons. The standard InChI is InChI=1S/C12H15ClN2O2/c1-17-12(4-2-5-12)7-11(16)15-10-8-14-6-3-9(10)13/h3,6,8H,2,4-5,7H2,1H3,(H,15,16). The van der Waals surface area contributed by atoms with Crippen LogP contribution >= 0.6 is 11.6 Å². The van der Waals surface area contributed by atoms with E-state index in [0.29, 0.717) is 17.1 Å². The highest BCUT2D eigenvalue weighted by Gasteiger charge is 2.39. The predicted molar refractivity (Wildman–Crippen MR) is 66.1 cm³/mol. The van der Waals surface area contributed by atoms with Gasteiger partial charge in [0.15, 0.2) is 0 Å². The first-order chi connectivity index (χ1) is 8.15. The number of methoxy groups -OCH3 is 1. The number of carbonyl (C=O) groups excluding carboxylic acids is 1. The smallest absolute Gasteiger partial charge is 0.227 e.